The molecule has 2 atom stereocenters. The molecule has 0 aliphatic carbocycles. The highest BCUT2D eigenvalue weighted by Gasteiger charge is 2.39. The van der Waals surface area contributed by atoms with Gasteiger partial charge in [-0.05, 0) is 18.1 Å². The molecule has 0 saturated heterocycles. The SMILES string of the molecule is Nc1nc(C(NC(=O)CO)C(=O)C[C@H]2Cc3cccc(C(=O)O)c3OB2O)cs1. The van der Waals surface area contributed by atoms with Crippen LogP contribution in [0, 0.1) is 0 Å². The first-order valence-corrected chi connectivity index (χ1v) is 9.51. The highest BCUT2D eigenvalue weighted by molar-refractivity contribution is 7.13. The summed E-state index contributed by atoms with van der Waals surface area (Å²) in [6.45, 7) is -0.802. The van der Waals surface area contributed by atoms with Crippen molar-refractivity contribution in [3.63, 3.8) is 0 Å². The molecule has 0 radical (unpaired) electrons. The summed E-state index contributed by atoms with van der Waals surface area (Å²) in [4.78, 5) is 39.8. The first-order chi connectivity index (χ1) is 13.8. The molecule has 12 heteroatoms. The van der Waals surface area contributed by atoms with Crippen molar-refractivity contribution in [2.45, 2.75) is 24.7 Å². The minimum atomic E-state index is -1.40. The minimum Gasteiger partial charge on any atom is -0.535 e. The summed E-state index contributed by atoms with van der Waals surface area (Å²) in [6.07, 6.45) is 0.0366. The molecule has 1 aromatic carbocycles. The van der Waals surface area contributed by atoms with E-state index < -0.39 is 43.2 Å². The highest BCUT2D eigenvalue weighted by Crippen LogP contribution is 2.37. The van der Waals surface area contributed by atoms with Crippen LogP contribution in [0.1, 0.15) is 34.1 Å². The van der Waals surface area contributed by atoms with Gasteiger partial charge in [0.15, 0.2) is 10.9 Å². The quantitative estimate of drug-likeness (QED) is 0.388. The third kappa shape index (κ3) is 4.55. The number of Topliss-reactive ketones (excluding diaryl/α,β-unsaturated/α-hetero) is 1. The van der Waals surface area contributed by atoms with Gasteiger partial charge in [0.25, 0.3) is 0 Å². The largest absolute Gasteiger partial charge is 0.535 e. The number of thiazole rings is 1. The van der Waals surface area contributed by atoms with E-state index in [2.05, 4.69) is 10.3 Å². The molecule has 1 aliphatic rings. The topological polar surface area (TPSA) is 172 Å². The lowest BCUT2D eigenvalue weighted by Gasteiger charge is -2.28. The van der Waals surface area contributed by atoms with E-state index in [-0.39, 0.29) is 35.0 Å². The number of nitrogens with one attached hydrogen (secondary N) is 1. The fourth-order valence-electron chi connectivity index (χ4n) is 3.16. The number of amides is 1. The van der Waals surface area contributed by atoms with Gasteiger partial charge in [-0.1, -0.05) is 12.1 Å². The Bertz CT molecular complexity index is 951. The Hall–Kier alpha value is -2.96. The first-order valence-electron chi connectivity index (χ1n) is 8.64. The molecule has 152 valence electrons. The third-order valence-electron chi connectivity index (χ3n) is 4.52. The molecule has 1 unspecified atom stereocenters. The van der Waals surface area contributed by atoms with Crippen LogP contribution in [0.2, 0.25) is 5.82 Å². The van der Waals surface area contributed by atoms with Crippen molar-refractivity contribution >= 4 is 41.2 Å². The molecule has 6 N–H and O–H groups in total. The summed E-state index contributed by atoms with van der Waals surface area (Å²) in [6, 6.07) is 3.45. The number of nitrogen functional groups attached to an aromatic ring is 1. The summed E-state index contributed by atoms with van der Waals surface area (Å²) in [7, 11) is -1.40. The van der Waals surface area contributed by atoms with Crippen molar-refractivity contribution in [2.75, 3.05) is 12.3 Å². The average molecular weight is 419 g/mol. The fourth-order valence-corrected chi connectivity index (χ4v) is 3.75. The number of ketones is 1. The maximum Gasteiger partial charge on any atom is 0.526 e. The number of carbonyl (C=O) groups excluding carboxylic acids is 2. The van der Waals surface area contributed by atoms with Crippen LogP contribution in [-0.4, -0.2) is 51.6 Å². The number of carboxylic acids is 1. The van der Waals surface area contributed by atoms with Gasteiger partial charge in [0.05, 0.1) is 11.3 Å². The molecule has 1 aliphatic heterocycles. The van der Waals surface area contributed by atoms with Crippen molar-refractivity contribution in [2.24, 2.45) is 0 Å². The van der Waals surface area contributed by atoms with Crippen LogP contribution in [-0.2, 0) is 16.0 Å². The van der Waals surface area contributed by atoms with E-state index in [1.165, 1.54) is 11.4 Å². The Morgan fingerprint density at radius 2 is 2.17 bits per heavy atom. The fraction of sp³-hybridized carbons (Fsp3) is 0.294. The molecule has 0 bridgehead atoms. The number of fused-ring (bicyclic) bond motifs is 1. The molecule has 1 amide bonds. The molecule has 2 heterocycles. The molecule has 0 saturated carbocycles. The van der Waals surface area contributed by atoms with Crippen molar-refractivity contribution in [1.82, 2.24) is 10.3 Å². The number of para-hydroxylation sites is 1. The normalized spacial score (nSPS) is 16.5. The number of hydrogen-bond acceptors (Lipinski definition) is 9. The summed E-state index contributed by atoms with van der Waals surface area (Å²) >= 11 is 1.10. The van der Waals surface area contributed by atoms with E-state index in [9.17, 15) is 24.5 Å². The highest BCUT2D eigenvalue weighted by atomic mass is 32.1. The Balaban J connectivity index is 1.80. The maximum atomic E-state index is 12.9. The lowest BCUT2D eigenvalue weighted by Crippen LogP contribution is -2.40. The summed E-state index contributed by atoms with van der Waals surface area (Å²) in [5.41, 5.74) is 6.32. The van der Waals surface area contributed by atoms with Gasteiger partial charge in [-0.3, -0.25) is 9.59 Å². The lowest BCUT2D eigenvalue weighted by atomic mass is 9.64. The number of aliphatic hydroxyl groups is 1. The second kappa shape index (κ2) is 8.60. The molecule has 0 fully saturated rings. The van der Waals surface area contributed by atoms with Crippen LogP contribution in [0.4, 0.5) is 5.13 Å². The number of carbonyl (C=O) groups is 3. The van der Waals surface area contributed by atoms with Crippen LogP contribution in [0.15, 0.2) is 23.6 Å². The number of rotatable bonds is 7. The smallest absolute Gasteiger partial charge is 0.526 e. The number of aliphatic hydroxyl groups excluding tert-OH is 1. The van der Waals surface area contributed by atoms with E-state index in [1.54, 1.807) is 12.1 Å². The molecular formula is C17H18BN3O7S. The standard InChI is InChI=1S/C17H18BN3O7S/c19-17-20-11(7-29-17)14(21-13(24)6-22)12(23)5-9-4-8-2-1-3-10(16(25)26)15(8)28-18(9)27/h1-3,7,9,14,22,27H,4-6H2,(H2,19,20)(H,21,24)(H,25,26)/t9-,14?/m1/s1. The number of aromatic carboxylic acids is 1. The van der Waals surface area contributed by atoms with Crippen molar-refractivity contribution in [3.05, 3.63) is 40.4 Å². The van der Waals surface area contributed by atoms with Gasteiger partial charge in [0.1, 0.15) is 18.4 Å². The second-order valence-electron chi connectivity index (χ2n) is 6.51. The predicted molar refractivity (Wildman–Crippen MR) is 104 cm³/mol. The van der Waals surface area contributed by atoms with Gasteiger partial charge in [-0.25, -0.2) is 9.78 Å². The summed E-state index contributed by atoms with van der Waals surface area (Å²) in [5.74, 6) is -2.98. The monoisotopic (exact) mass is 419 g/mol. The van der Waals surface area contributed by atoms with Crippen LogP contribution >= 0.6 is 11.3 Å². The van der Waals surface area contributed by atoms with E-state index in [0.717, 1.165) is 11.3 Å². The van der Waals surface area contributed by atoms with Gasteiger partial charge in [-0.15, -0.1) is 11.3 Å². The molecule has 10 nitrogen and oxygen atoms in total. The zero-order valence-corrected chi connectivity index (χ0v) is 15.9. The molecule has 2 aromatic rings. The van der Waals surface area contributed by atoms with Gasteiger partial charge in [-0.2, -0.15) is 0 Å². The summed E-state index contributed by atoms with van der Waals surface area (Å²) in [5, 5.41) is 32.7. The number of anilines is 1. The predicted octanol–water partition coefficient (Wildman–Crippen LogP) is 0.0181. The number of nitrogens with zero attached hydrogens (tertiary/aromatic N) is 1. The molecule has 0 spiro atoms. The van der Waals surface area contributed by atoms with Crippen LogP contribution in [0.25, 0.3) is 0 Å². The van der Waals surface area contributed by atoms with Gasteiger partial charge in [0, 0.05) is 17.6 Å². The molecular weight excluding hydrogens is 401 g/mol. The minimum absolute atomic E-state index is 0.0719. The Kier molecular flexibility index (Phi) is 6.16. The zero-order valence-electron chi connectivity index (χ0n) is 15.1. The van der Waals surface area contributed by atoms with Crippen molar-refractivity contribution in [3.8, 4) is 5.75 Å². The molecule has 3 rings (SSSR count). The molecule has 29 heavy (non-hydrogen) atoms. The van der Waals surface area contributed by atoms with E-state index in [4.69, 9.17) is 15.5 Å². The number of benzene rings is 1. The maximum absolute atomic E-state index is 12.9. The van der Waals surface area contributed by atoms with E-state index >= 15 is 0 Å². The van der Waals surface area contributed by atoms with Crippen LogP contribution < -0.4 is 15.7 Å². The van der Waals surface area contributed by atoms with Crippen molar-refractivity contribution < 1.29 is 34.3 Å². The van der Waals surface area contributed by atoms with Gasteiger partial charge >= 0.3 is 13.1 Å². The second-order valence-corrected chi connectivity index (χ2v) is 7.40. The summed E-state index contributed by atoms with van der Waals surface area (Å²) < 4.78 is 5.39. The number of aromatic nitrogens is 1. The Morgan fingerprint density at radius 3 is 2.79 bits per heavy atom. The number of nitrogens with two attached hydrogens (primary N) is 1. The van der Waals surface area contributed by atoms with Crippen LogP contribution in [0.5, 0.6) is 5.75 Å². The van der Waals surface area contributed by atoms with Crippen molar-refractivity contribution in [1.29, 1.82) is 0 Å². The van der Waals surface area contributed by atoms with E-state index in [1.807, 2.05) is 0 Å². The molecule has 1 aromatic heterocycles. The van der Waals surface area contributed by atoms with Gasteiger partial charge < -0.3 is 30.9 Å². The van der Waals surface area contributed by atoms with Crippen LogP contribution in [0.3, 0.4) is 0 Å². The van der Waals surface area contributed by atoms with Gasteiger partial charge in [0.2, 0.25) is 5.91 Å². The van der Waals surface area contributed by atoms with E-state index in [0.29, 0.717) is 5.56 Å². The third-order valence-corrected chi connectivity index (χ3v) is 5.21. The number of carboxylic acid groups (broad SMARTS) is 1. The lowest BCUT2D eigenvalue weighted by molar-refractivity contribution is -0.129. The average Bonchev–Trinajstić information content (AvgIpc) is 3.11. The Morgan fingerprint density at radius 1 is 1.41 bits per heavy atom. The first kappa shape index (κ1) is 20.8. The zero-order chi connectivity index (χ0) is 21.1. The Labute approximate surface area is 169 Å². The number of hydrogen-bond donors (Lipinski definition) is 5.